The first-order valence-electron chi connectivity index (χ1n) is 11.1. The van der Waals surface area contributed by atoms with Gasteiger partial charge in [0.15, 0.2) is 17.3 Å². The van der Waals surface area contributed by atoms with E-state index in [0.717, 1.165) is 60.6 Å². The van der Waals surface area contributed by atoms with Crippen molar-refractivity contribution in [1.82, 2.24) is 20.2 Å². The van der Waals surface area contributed by atoms with Crippen molar-refractivity contribution in [2.24, 2.45) is 0 Å². The SMILES string of the molecule is COc1nc2cccc(C)c2nc1NC(=O)NC1CCN(Cc2ccc3c(c2)OCO3)CC1. The van der Waals surface area contributed by atoms with Crippen LogP contribution in [0.4, 0.5) is 10.6 Å². The van der Waals surface area contributed by atoms with E-state index < -0.39 is 0 Å². The molecule has 3 aromatic rings. The molecule has 9 heteroatoms. The van der Waals surface area contributed by atoms with Gasteiger partial charge in [0.25, 0.3) is 5.88 Å². The van der Waals surface area contributed by atoms with Gasteiger partial charge in [0.05, 0.1) is 18.1 Å². The van der Waals surface area contributed by atoms with E-state index >= 15 is 0 Å². The molecule has 1 aromatic heterocycles. The predicted molar refractivity (Wildman–Crippen MR) is 124 cm³/mol. The normalized spacial score (nSPS) is 16.1. The molecule has 0 saturated carbocycles. The van der Waals surface area contributed by atoms with Crippen LogP contribution in [0.2, 0.25) is 0 Å². The minimum Gasteiger partial charge on any atom is -0.478 e. The van der Waals surface area contributed by atoms with Gasteiger partial charge in [-0.2, -0.15) is 0 Å². The van der Waals surface area contributed by atoms with Crippen LogP contribution in [-0.4, -0.2) is 53.9 Å². The van der Waals surface area contributed by atoms with Gasteiger partial charge in [-0.3, -0.25) is 10.2 Å². The van der Waals surface area contributed by atoms with E-state index in [1.54, 1.807) is 0 Å². The average molecular weight is 450 g/mol. The second-order valence-electron chi connectivity index (χ2n) is 8.36. The summed E-state index contributed by atoms with van der Waals surface area (Å²) < 4.78 is 16.2. The first kappa shape index (κ1) is 21.3. The number of hydrogen-bond donors (Lipinski definition) is 2. The molecule has 1 fully saturated rings. The summed E-state index contributed by atoms with van der Waals surface area (Å²) in [5.74, 6) is 2.22. The number of para-hydroxylation sites is 1. The molecular weight excluding hydrogens is 422 g/mol. The minimum absolute atomic E-state index is 0.0964. The molecule has 0 atom stereocenters. The zero-order valence-electron chi connectivity index (χ0n) is 18.8. The number of rotatable bonds is 5. The summed E-state index contributed by atoms with van der Waals surface area (Å²) in [5, 5.41) is 5.88. The fraction of sp³-hybridized carbons (Fsp3) is 0.375. The topological polar surface area (TPSA) is 97.8 Å². The predicted octanol–water partition coefficient (Wildman–Crippen LogP) is 3.46. The van der Waals surface area contributed by atoms with Crippen LogP contribution in [0.3, 0.4) is 0 Å². The summed E-state index contributed by atoms with van der Waals surface area (Å²) in [4.78, 5) is 24.1. The number of aromatic nitrogens is 2. The number of fused-ring (bicyclic) bond motifs is 2. The first-order chi connectivity index (χ1) is 16.1. The Labute approximate surface area is 192 Å². The van der Waals surface area contributed by atoms with Crippen LogP contribution in [-0.2, 0) is 6.54 Å². The van der Waals surface area contributed by atoms with Crippen LogP contribution >= 0.6 is 0 Å². The van der Waals surface area contributed by atoms with Crippen LogP contribution in [0.15, 0.2) is 36.4 Å². The Hall–Kier alpha value is -3.59. The zero-order chi connectivity index (χ0) is 22.8. The summed E-state index contributed by atoms with van der Waals surface area (Å²) >= 11 is 0. The molecule has 3 heterocycles. The van der Waals surface area contributed by atoms with Gasteiger partial charge in [-0.05, 0) is 49.1 Å². The number of piperidine rings is 1. The number of likely N-dealkylation sites (tertiary alicyclic amines) is 1. The van der Waals surface area contributed by atoms with Crippen molar-refractivity contribution >= 4 is 22.9 Å². The van der Waals surface area contributed by atoms with Crippen molar-refractivity contribution < 1.29 is 19.0 Å². The Morgan fingerprint density at radius 1 is 1.15 bits per heavy atom. The Kier molecular flexibility index (Phi) is 5.87. The van der Waals surface area contributed by atoms with Gasteiger partial charge in [0.1, 0.15) is 0 Å². The van der Waals surface area contributed by atoms with E-state index in [1.807, 2.05) is 37.3 Å². The lowest BCUT2D eigenvalue weighted by molar-refractivity contribution is 0.173. The number of ether oxygens (including phenoxy) is 3. The van der Waals surface area contributed by atoms with Crippen LogP contribution in [0.25, 0.3) is 11.0 Å². The van der Waals surface area contributed by atoms with E-state index in [9.17, 15) is 4.79 Å². The Balaban J connectivity index is 1.16. The van der Waals surface area contributed by atoms with E-state index in [-0.39, 0.29) is 18.9 Å². The van der Waals surface area contributed by atoms with Gasteiger partial charge >= 0.3 is 6.03 Å². The second-order valence-corrected chi connectivity index (χ2v) is 8.36. The maximum absolute atomic E-state index is 12.7. The van der Waals surface area contributed by atoms with Crippen LogP contribution in [0.1, 0.15) is 24.0 Å². The summed E-state index contributed by atoms with van der Waals surface area (Å²) in [6.45, 7) is 4.90. The average Bonchev–Trinajstić information content (AvgIpc) is 3.28. The summed E-state index contributed by atoms with van der Waals surface area (Å²) in [7, 11) is 1.52. The summed E-state index contributed by atoms with van der Waals surface area (Å²) in [6.07, 6.45) is 1.75. The van der Waals surface area contributed by atoms with Gasteiger partial charge in [0, 0.05) is 25.7 Å². The standard InChI is InChI=1S/C24H27N5O4/c1-15-4-3-5-18-21(15)27-22(23(26-18)31-2)28-24(30)25-17-8-10-29(11-9-17)13-16-6-7-19-20(12-16)33-14-32-19/h3-7,12,17H,8-11,13-14H2,1-2H3,(H2,25,27,28,30). The van der Waals surface area contributed by atoms with Crippen molar-refractivity contribution in [2.45, 2.75) is 32.4 Å². The third-order valence-electron chi connectivity index (χ3n) is 6.06. The van der Waals surface area contributed by atoms with E-state index in [2.05, 4.69) is 31.6 Å². The number of methoxy groups -OCH3 is 1. The van der Waals surface area contributed by atoms with Crippen molar-refractivity contribution in [3.05, 3.63) is 47.5 Å². The number of carbonyl (C=O) groups excluding carboxylic acids is 1. The molecule has 2 aliphatic rings. The lowest BCUT2D eigenvalue weighted by Gasteiger charge is -2.32. The molecule has 0 unspecified atom stereocenters. The van der Waals surface area contributed by atoms with Crippen molar-refractivity contribution in [3.63, 3.8) is 0 Å². The number of benzene rings is 2. The molecule has 0 bridgehead atoms. The van der Waals surface area contributed by atoms with Crippen LogP contribution in [0.5, 0.6) is 17.4 Å². The highest BCUT2D eigenvalue weighted by Crippen LogP contribution is 2.33. The zero-order valence-corrected chi connectivity index (χ0v) is 18.8. The van der Waals surface area contributed by atoms with Gasteiger partial charge < -0.3 is 19.5 Å². The Bertz CT molecular complexity index is 1180. The maximum Gasteiger partial charge on any atom is 0.320 e. The molecule has 172 valence electrons. The lowest BCUT2D eigenvalue weighted by Crippen LogP contribution is -2.45. The molecule has 0 aliphatic carbocycles. The smallest absolute Gasteiger partial charge is 0.320 e. The molecule has 0 radical (unpaired) electrons. The number of anilines is 1. The fourth-order valence-electron chi connectivity index (χ4n) is 4.29. The van der Waals surface area contributed by atoms with Crippen LogP contribution < -0.4 is 24.8 Å². The molecule has 2 aromatic carbocycles. The molecule has 1 saturated heterocycles. The van der Waals surface area contributed by atoms with E-state index in [4.69, 9.17) is 14.2 Å². The van der Waals surface area contributed by atoms with E-state index in [1.165, 1.54) is 12.7 Å². The van der Waals surface area contributed by atoms with Crippen molar-refractivity contribution in [3.8, 4) is 17.4 Å². The second kappa shape index (κ2) is 9.11. The number of nitrogens with zero attached hydrogens (tertiary/aromatic N) is 3. The first-order valence-corrected chi connectivity index (χ1v) is 11.1. The molecular formula is C24H27N5O4. The number of amides is 2. The van der Waals surface area contributed by atoms with Crippen molar-refractivity contribution in [2.75, 3.05) is 32.3 Å². The highest BCUT2D eigenvalue weighted by molar-refractivity contribution is 5.91. The summed E-state index contributed by atoms with van der Waals surface area (Å²) in [5.41, 5.74) is 3.65. The molecule has 2 amide bonds. The third kappa shape index (κ3) is 4.63. The molecule has 0 spiro atoms. The third-order valence-corrected chi connectivity index (χ3v) is 6.06. The Morgan fingerprint density at radius 3 is 2.79 bits per heavy atom. The van der Waals surface area contributed by atoms with Gasteiger partial charge in [-0.15, -0.1) is 0 Å². The number of nitrogens with one attached hydrogen (secondary N) is 2. The number of carbonyl (C=O) groups is 1. The molecule has 9 nitrogen and oxygen atoms in total. The highest BCUT2D eigenvalue weighted by atomic mass is 16.7. The minimum atomic E-state index is -0.301. The number of urea groups is 1. The molecule has 2 N–H and O–H groups in total. The molecule has 33 heavy (non-hydrogen) atoms. The highest BCUT2D eigenvalue weighted by Gasteiger charge is 2.23. The van der Waals surface area contributed by atoms with Crippen molar-refractivity contribution in [1.29, 1.82) is 0 Å². The lowest BCUT2D eigenvalue weighted by atomic mass is 10.0. The quantitative estimate of drug-likeness (QED) is 0.616. The van der Waals surface area contributed by atoms with Crippen LogP contribution in [0, 0.1) is 6.92 Å². The monoisotopic (exact) mass is 449 g/mol. The largest absolute Gasteiger partial charge is 0.478 e. The van der Waals surface area contributed by atoms with Gasteiger partial charge in [-0.25, -0.2) is 14.8 Å². The summed E-state index contributed by atoms with van der Waals surface area (Å²) in [6, 6.07) is 11.6. The van der Waals surface area contributed by atoms with E-state index in [0.29, 0.717) is 11.7 Å². The fourth-order valence-corrected chi connectivity index (χ4v) is 4.29. The molecule has 2 aliphatic heterocycles. The Morgan fingerprint density at radius 2 is 1.97 bits per heavy atom. The molecule has 5 rings (SSSR count). The number of hydrogen-bond acceptors (Lipinski definition) is 7. The van der Waals surface area contributed by atoms with Gasteiger partial charge in [-0.1, -0.05) is 18.2 Å². The number of aryl methyl sites for hydroxylation is 1. The maximum atomic E-state index is 12.7. The van der Waals surface area contributed by atoms with Gasteiger partial charge in [0.2, 0.25) is 6.79 Å².